The van der Waals surface area contributed by atoms with E-state index in [0.29, 0.717) is 5.92 Å². The van der Waals surface area contributed by atoms with Gasteiger partial charge < -0.3 is 5.11 Å². The summed E-state index contributed by atoms with van der Waals surface area (Å²) in [6.07, 6.45) is 4.16. The maximum absolute atomic E-state index is 10.9. The number of carboxylic acids is 1. The first-order chi connectivity index (χ1) is 5.07. The number of hydrogen-bond donors (Lipinski definition) is 1. The van der Waals surface area contributed by atoms with Gasteiger partial charge in [0.1, 0.15) is 3.42 Å². The predicted molar refractivity (Wildman–Crippen MR) is 52.0 cm³/mol. The first-order valence-corrected chi connectivity index (χ1v) is 5.07. The molecule has 2 atom stereocenters. The molecule has 2 unspecified atom stereocenters. The Morgan fingerprint density at radius 2 is 2.27 bits per heavy atom. The summed E-state index contributed by atoms with van der Waals surface area (Å²) in [5.74, 6) is -0.306. The molecule has 0 aromatic heterocycles. The van der Waals surface area contributed by atoms with Crippen LogP contribution in [0.1, 0.15) is 32.6 Å². The Bertz CT molecular complexity index is 169. The van der Waals surface area contributed by atoms with E-state index in [4.69, 9.17) is 5.11 Å². The number of aliphatic carboxylic acids is 1. The van der Waals surface area contributed by atoms with E-state index < -0.39 is 9.39 Å². The van der Waals surface area contributed by atoms with Gasteiger partial charge in [0.05, 0.1) is 0 Å². The Labute approximate surface area is 80.5 Å². The minimum atomic E-state index is -0.634. The summed E-state index contributed by atoms with van der Waals surface area (Å²) in [6.45, 7) is 2.04. The van der Waals surface area contributed by atoms with E-state index in [2.05, 4.69) is 22.6 Å². The number of rotatable bonds is 1. The predicted octanol–water partition coefficient (Wildman–Crippen LogP) is 2.45. The Hall–Kier alpha value is 0.200. The molecule has 1 aliphatic carbocycles. The lowest BCUT2D eigenvalue weighted by Crippen LogP contribution is -2.40. The number of hydrogen-bond acceptors (Lipinski definition) is 1. The van der Waals surface area contributed by atoms with Gasteiger partial charge in [-0.2, -0.15) is 0 Å². The minimum Gasteiger partial charge on any atom is -0.480 e. The standard InChI is InChI=1S/C8H13IO2/c1-6-4-2-3-5-8(6,9)7(10)11/h6H,2-5H2,1H3,(H,10,11). The summed E-state index contributed by atoms with van der Waals surface area (Å²) in [5.41, 5.74) is 0. The molecule has 64 valence electrons. The molecule has 0 radical (unpaired) electrons. The van der Waals surface area contributed by atoms with E-state index in [1.807, 2.05) is 6.92 Å². The minimum absolute atomic E-state index is 0.328. The molecule has 0 heterocycles. The van der Waals surface area contributed by atoms with Crippen LogP contribution < -0.4 is 0 Å². The van der Waals surface area contributed by atoms with Crippen molar-refractivity contribution >= 4 is 28.6 Å². The van der Waals surface area contributed by atoms with Gasteiger partial charge in [-0.15, -0.1) is 0 Å². The first-order valence-electron chi connectivity index (χ1n) is 3.99. The second-order valence-electron chi connectivity index (χ2n) is 3.31. The molecule has 1 saturated carbocycles. The molecule has 1 aliphatic rings. The van der Waals surface area contributed by atoms with Crippen LogP contribution in [0.2, 0.25) is 0 Å². The molecule has 0 saturated heterocycles. The fourth-order valence-electron chi connectivity index (χ4n) is 1.63. The van der Waals surface area contributed by atoms with Crippen LogP contribution in [0.3, 0.4) is 0 Å². The molecule has 0 spiro atoms. The number of alkyl halides is 1. The van der Waals surface area contributed by atoms with Gasteiger partial charge in [0.2, 0.25) is 0 Å². The number of carboxylic acid groups (broad SMARTS) is 1. The molecular weight excluding hydrogens is 255 g/mol. The topological polar surface area (TPSA) is 37.3 Å². The summed E-state index contributed by atoms with van der Waals surface area (Å²) < 4.78 is -0.476. The summed E-state index contributed by atoms with van der Waals surface area (Å²) in [7, 11) is 0. The highest BCUT2D eigenvalue weighted by Crippen LogP contribution is 2.40. The van der Waals surface area contributed by atoms with Crippen LogP contribution in [0.25, 0.3) is 0 Å². The van der Waals surface area contributed by atoms with Crippen molar-refractivity contribution in [3.8, 4) is 0 Å². The van der Waals surface area contributed by atoms with E-state index in [-0.39, 0.29) is 0 Å². The van der Waals surface area contributed by atoms with Gasteiger partial charge in [0, 0.05) is 0 Å². The van der Waals surface area contributed by atoms with Crippen LogP contribution in [-0.2, 0) is 4.79 Å². The lowest BCUT2D eigenvalue weighted by Gasteiger charge is -2.33. The molecule has 0 amide bonds. The maximum Gasteiger partial charge on any atom is 0.319 e. The lowest BCUT2D eigenvalue weighted by atomic mass is 9.80. The largest absolute Gasteiger partial charge is 0.480 e. The molecular formula is C8H13IO2. The Morgan fingerprint density at radius 1 is 1.64 bits per heavy atom. The van der Waals surface area contributed by atoms with E-state index in [0.717, 1.165) is 19.3 Å². The van der Waals surface area contributed by atoms with Crippen LogP contribution >= 0.6 is 22.6 Å². The van der Waals surface area contributed by atoms with Crippen LogP contribution in [0.15, 0.2) is 0 Å². The monoisotopic (exact) mass is 268 g/mol. The molecule has 1 fully saturated rings. The van der Waals surface area contributed by atoms with Crippen molar-refractivity contribution in [2.24, 2.45) is 5.92 Å². The van der Waals surface area contributed by atoms with Gasteiger partial charge >= 0.3 is 5.97 Å². The van der Waals surface area contributed by atoms with Gasteiger partial charge in [-0.1, -0.05) is 42.4 Å². The van der Waals surface area contributed by atoms with Gasteiger partial charge in [-0.25, -0.2) is 0 Å². The fraction of sp³-hybridized carbons (Fsp3) is 0.875. The van der Waals surface area contributed by atoms with Crippen LogP contribution in [0, 0.1) is 5.92 Å². The third-order valence-corrected chi connectivity index (χ3v) is 4.63. The van der Waals surface area contributed by atoms with Crippen molar-refractivity contribution in [2.45, 2.75) is 36.0 Å². The van der Waals surface area contributed by atoms with E-state index in [9.17, 15) is 4.79 Å². The van der Waals surface area contributed by atoms with Crippen molar-refractivity contribution in [1.29, 1.82) is 0 Å². The van der Waals surface area contributed by atoms with Crippen molar-refractivity contribution in [3.63, 3.8) is 0 Å². The third-order valence-electron chi connectivity index (χ3n) is 2.56. The third kappa shape index (κ3) is 1.68. The molecule has 0 bridgehead atoms. The molecule has 11 heavy (non-hydrogen) atoms. The fourth-order valence-corrected chi connectivity index (χ4v) is 2.32. The second kappa shape index (κ2) is 3.29. The van der Waals surface area contributed by atoms with Gasteiger partial charge in [-0.05, 0) is 18.8 Å². The molecule has 1 N–H and O–H groups in total. The Morgan fingerprint density at radius 3 is 2.64 bits per heavy atom. The zero-order chi connectivity index (χ0) is 8.48. The quantitative estimate of drug-likeness (QED) is 0.586. The Balaban J connectivity index is 2.72. The zero-order valence-corrected chi connectivity index (χ0v) is 8.80. The summed E-state index contributed by atoms with van der Waals surface area (Å²) in [5, 5.41) is 8.96. The van der Waals surface area contributed by atoms with Crippen molar-refractivity contribution < 1.29 is 9.90 Å². The molecule has 0 aromatic carbocycles. The molecule has 2 nitrogen and oxygen atoms in total. The van der Waals surface area contributed by atoms with Gasteiger partial charge in [0.15, 0.2) is 0 Å². The normalized spacial score (nSPS) is 38.5. The highest BCUT2D eigenvalue weighted by atomic mass is 127. The van der Waals surface area contributed by atoms with Crippen molar-refractivity contribution in [2.75, 3.05) is 0 Å². The lowest BCUT2D eigenvalue weighted by molar-refractivity contribution is -0.141. The maximum atomic E-state index is 10.9. The van der Waals surface area contributed by atoms with E-state index in [1.54, 1.807) is 0 Å². The van der Waals surface area contributed by atoms with Crippen LogP contribution in [-0.4, -0.2) is 14.5 Å². The zero-order valence-electron chi connectivity index (χ0n) is 6.64. The molecule has 0 aliphatic heterocycles. The highest BCUT2D eigenvalue weighted by Gasteiger charge is 2.42. The molecule has 0 aromatic rings. The average molecular weight is 268 g/mol. The SMILES string of the molecule is CC1CCCCC1(I)C(=O)O. The van der Waals surface area contributed by atoms with Crippen LogP contribution in [0.5, 0.6) is 0 Å². The van der Waals surface area contributed by atoms with Crippen LogP contribution in [0.4, 0.5) is 0 Å². The summed E-state index contributed by atoms with van der Waals surface area (Å²) >= 11 is 2.11. The molecule has 3 heteroatoms. The highest BCUT2D eigenvalue weighted by molar-refractivity contribution is 14.1. The average Bonchev–Trinajstić information content (AvgIpc) is 1.95. The summed E-state index contributed by atoms with van der Waals surface area (Å²) in [4.78, 5) is 10.9. The van der Waals surface area contributed by atoms with E-state index in [1.165, 1.54) is 6.42 Å². The molecule has 1 rings (SSSR count). The summed E-state index contributed by atoms with van der Waals surface area (Å²) in [6, 6.07) is 0. The Kier molecular flexibility index (Phi) is 2.78. The smallest absolute Gasteiger partial charge is 0.319 e. The van der Waals surface area contributed by atoms with Crippen molar-refractivity contribution in [1.82, 2.24) is 0 Å². The van der Waals surface area contributed by atoms with Gasteiger partial charge in [-0.3, -0.25) is 4.79 Å². The van der Waals surface area contributed by atoms with E-state index >= 15 is 0 Å². The second-order valence-corrected chi connectivity index (χ2v) is 5.24. The number of carbonyl (C=O) groups is 1. The van der Waals surface area contributed by atoms with Crippen molar-refractivity contribution in [3.05, 3.63) is 0 Å². The first kappa shape index (κ1) is 9.29. The number of halogens is 1. The van der Waals surface area contributed by atoms with Gasteiger partial charge in [0.25, 0.3) is 0 Å².